The molecule has 1 aromatic rings. The van der Waals surface area contributed by atoms with Gasteiger partial charge in [-0.25, -0.2) is 4.79 Å². The molecule has 1 amide bonds. The topological polar surface area (TPSA) is 159 Å². The second-order valence-electron chi connectivity index (χ2n) is 12.3. The summed E-state index contributed by atoms with van der Waals surface area (Å²) >= 11 is 0. The Balaban J connectivity index is 2.67. The molecule has 0 spiro atoms. The lowest BCUT2D eigenvalue weighted by molar-refractivity contribution is -0.176. The van der Waals surface area contributed by atoms with Gasteiger partial charge in [0, 0.05) is 20.1 Å². The molecule has 1 rings (SSSR count). The molecule has 11 heteroatoms. The Bertz CT molecular complexity index is 979. The van der Waals surface area contributed by atoms with Gasteiger partial charge in [-0.2, -0.15) is 0 Å². The minimum atomic E-state index is -1.29. The minimum absolute atomic E-state index is 0.0355. The third kappa shape index (κ3) is 13.4. The Hall–Kier alpha value is -2.44. The van der Waals surface area contributed by atoms with Crippen molar-refractivity contribution in [3.05, 3.63) is 23.8 Å². The van der Waals surface area contributed by atoms with Crippen LogP contribution in [-0.2, 0) is 39.7 Å². The van der Waals surface area contributed by atoms with Crippen molar-refractivity contribution in [3.8, 4) is 11.5 Å². The predicted molar refractivity (Wildman–Crippen MR) is 156 cm³/mol. The number of nitrogens with one attached hydrogen (secondary N) is 1. The summed E-state index contributed by atoms with van der Waals surface area (Å²) in [4.78, 5) is 26.1. The van der Waals surface area contributed by atoms with Gasteiger partial charge >= 0.3 is 5.97 Å². The second kappa shape index (κ2) is 15.7. The van der Waals surface area contributed by atoms with Crippen LogP contribution >= 0.6 is 0 Å². The number of carbonyl (C=O) groups is 2. The number of methoxy groups -OCH3 is 1. The Kier molecular flexibility index (Phi) is 14.0. The van der Waals surface area contributed by atoms with E-state index in [1.54, 1.807) is 40.9 Å². The van der Waals surface area contributed by atoms with E-state index in [1.807, 2.05) is 27.7 Å². The fraction of sp³-hybridized carbons (Fsp3) is 0.733. The number of amides is 1. The summed E-state index contributed by atoms with van der Waals surface area (Å²) < 4.78 is 28.3. The van der Waals surface area contributed by atoms with Crippen LogP contribution in [0.1, 0.15) is 73.8 Å². The zero-order valence-corrected chi connectivity index (χ0v) is 26.3. The van der Waals surface area contributed by atoms with Crippen molar-refractivity contribution in [2.75, 3.05) is 40.1 Å². The maximum atomic E-state index is 13.2. The quantitative estimate of drug-likeness (QED) is 0.108. The van der Waals surface area contributed by atoms with E-state index < -0.39 is 22.7 Å². The van der Waals surface area contributed by atoms with Gasteiger partial charge in [-0.1, -0.05) is 6.07 Å². The van der Waals surface area contributed by atoms with Gasteiger partial charge in [0.15, 0.2) is 17.1 Å². The van der Waals surface area contributed by atoms with Crippen LogP contribution in [0.4, 0.5) is 0 Å². The van der Waals surface area contributed by atoms with Crippen molar-refractivity contribution in [2.45, 2.75) is 97.7 Å². The highest BCUT2D eigenvalue weighted by molar-refractivity contribution is 5.83. The van der Waals surface area contributed by atoms with Crippen LogP contribution in [0.5, 0.6) is 11.5 Å². The number of phenols is 2. The monoisotopic (exact) mass is 584 g/mol. The number of hydrogen-bond acceptors (Lipinski definition) is 10. The third-order valence-electron chi connectivity index (χ3n) is 6.79. The molecule has 5 N–H and O–H groups in total. The van der Waals surface area contributed by atoms with Gasteiger partial charge in [0.25, 0.3) is 0 Å². The van der Waals surface area contributed by atoms with Crippen molar-refractivity contribution in [2.24, 2.45) is 11.1 Å². The van der Waals surface area contributed by atoms with Crippen molar-refractivity contribution < 1.29 is 43.5 Å². The number of aromatic hydroxyl groups is 2. The number of esters is 1. The van der Waals surface area contributed by atoms with E-state index in [1.165, 1.54) is 12.1 Å². The maximum Gasteiger partial charge on any atom is 0.337 e. The Morgan fingerprint density at radius 1 is 0.951 bits per heavy atom. The predicted octanol–water partition coefficient (Wildman–Crippen LogP) is 3.42. The van der Waals surface area contributed by atoms with E-state index in [0.717, 1.165) is 5.56 Å². The number of ether oxygens (including phenoxy) is 5. The molecular weight excluding hydrogens is 532 g/mol. The van der Waals surface area contributed by atoms with Crippen molar-refractivity contribution in [1.29, 1.82) is 0 Å². The van der Waals surface area contributed by atoms with E-state index in [2.05, 4.69) is 5.32 Å². The van der Waals surface area contributed by atoms with Gasteiger partial charge in [0.1, 0.15) is 17.7 Å². The van der Waals surface area contributed by atoms with Gasteiger partial charge in [-0.05, 0) is 85.9 Å². The molecule has 0 saturated heterocycles. The summed E-state index contributed by atoms with van der Waals surface area (Å²) in [5.41, 5.74) is 3.27. The number of carbonyl (C=O) groups excluding carboxylic acids is 2. The van der Waals surface area contributed by atoms with Crippen molar-refractivity contribution in [3.63, 3.8) is 0 Å². The Morgan fingerprint density at radius 2 is 1.59 bits per heavy atom. The van der Waals surface area contributed by atoms with Gasteiger partial charge in [-0.15, -0.1) is 0 Å². The fourth-order valence-corrected chi connectivity index (χ4v) is 3.45. The molecule has 236 valence electrons. The highest BCUT2D eigenvalue weighted by atomic mass is 16.6. The zero-order chi connectivity index (χ0) is 31.5. The molecule has 0 aliphatic carbocycles. The smallest absolute Gasteiger partial charge is 0.337 e. The lowest BCUT2D eigenvalue weighted by Crippen LogP contribution is -2.48. The SMILES string of the molecule is COC(C)(C)CCOC(C)(N)CCOC(C)(C)C(=O)OCC(C)(COC(C)C)C(=O)NCCc1ccc(O)c(O)c1. The van der Waals surface area contributed by atoms with Gasteiger partial charge in [-0.3, -0.25) is 4.79 Å². The molecule has 0 heterocycles. The van der Waals surface area contributed by atoms with Gasteiger partial charge in [0.05, 0.1) is 31.5 Å². The van der Waals surface area contributed by atoms with E-state index in [0.29, 0.717) is 25.9 Å². The first-order valence-electron chi connectivity index (χ1n) is 14.0. The molecule has 41 heavy (non-hydrogen) atoms. The van der Waals surface area contributed by atoms with Gasteiger partial charge in [0.2, 0.25) is 5.91 Å². The first kappa shape index (κ1) is 36.6. The molecule has 0 radical (unpaired) electrons. The average molecular weight is 585 g/mol. The Labute approximate surface area is 245 Å². The highest BCUT2D eigenvalue weighted by Gasteiger charge is 2.39. The van der Waals surface area contributed by atoms with Crippen molar-refractivity contribution >= 4 is 11.9 Å². The lowest BCUT2D eigenvalue weighted by Gasteiger charge is -2.32. The summed E-state index contributed by atoms with van der Waals surface area (Å²) in [5, 5.41) is 22.0. The van der Waals surface area contributed by atoms with Crippen molar-refractivity contribution in [1.82, 2.24) is 5.32 Å². The van der Waals surface area contributed by atoms with Crippen LogP contribution in [0.25, 0.3) is 0 Å². The second-order valence-corrected chi connectivity index (χ2v) is 12.3. The molecule has 11 nitrogen and oxygen atoms in total. The number of nitrogens with two attached hydrogens (primary N) is 1. The van der Waals surface area contributed by atoms with Crippen LogP contribution in [0.2, 0.25) is 0 Å². The maximum absolute atomic E-state index is 13.2. The Morgan fingerprint density at radius 3 is 2.17 bits per heavy atom. The van der Waals surface area contributed by atoms with Crippen LogP contribution in [0.15, 0.2) is 18.2 Å². The standard InChI is InChI=1S/C30H52N2O9/c1-21(2)38-19-29(7,25(35)32-15-12-22-10-11-23(33)24(34)18-22)20-39-26(36)28(5,6)40-17-14-30(8,31)41-16-13-27(3,4)37-9/h10-11,18,21,33-34H,12-17,19-20,31H2,1-9H3,(H,32,35). The molecule has 0 aliphatic rings. The molecule has 2 atom stereocenters. The summed E-state index contributed by atoms with van der Waals surface area (Å²) in [7, 11) is 1.65. The summed E-state index contributed by atoms with van der Waals surface area (Å²) in [6.07, 6.45) is 1.31. The first-order valence-corrected chi connectivity index (χ1v) is 14.0. The molecule has 0 bridgehead atoms. The van der Waals surface area contributed by atoms with E-state index in [4.69, 9.17) is 29.4 Å². The molecule has 2 unspecified atom stereocenters. The van der Waals surface area contributed by atoms with Crippen LogP contribution in [0.3, 0.4) is 0 Å². The molecule has 0 fully saturated rings. The minimum Gasteiger partial charge on any atom is -0.504 e. The van der Waals surface area contributed by atoms with Gasteiger partial charge < -0.3 is 44.9 Å². The van der Waals surface area contributed by atoms with E-state index in [9.17, 15) is 19.8 Å². The summed E-state index contributed by atoms with van der Waals surface area (Å²) in [5.74, 6) is -1.41. The normalized spacial score (nSPS) is 15.3. The first-order chi connectivity index (χ1) is 18.8. The molecule has 0 aromatic heterocycles. The molecule has 1 aromatic carbocycles. The number of hydrogen-bond donors (Lipinski definition) is 4. The van der Waals surface area contributed by atoms with Crippen LogP contribution < -0.4 is 11.1 Å². The highest BCUT2D eigenvalue weighted by Crippen LogP contribution is 2.25. The number of phenolic OH excluding ortho intramolecular Hbond substituents is 2. The average Bonchev–Trinajstić information content (AvgIpc) is 2.87. The van der Waals surface area contributed by atoms with Crippen LogP contribution in [0, 0.1) is 5.41 Å². The number of benzene rings is 1. The van der Waals surface area contributed by atoms with E-state index in [-0.39, 0.29) is 55.5 Å². The molecular formula is C30H52N2O9. The molecule has 0 aliphatic heterocycles. The van der Waals surface area contributed by atoms with Crippen LogP contribution in [-0.4, -0.2) is 85.2 Å². The fourth-order valence-electron chi connectivity index (χ4n) is 3.45. The third-order valence-corrected chi connectivity index (χ3v) is 6.79. The summed E-state index contributed by atoms with van der Waals surface area (Å²) in [6, 6.07) is 4.49. The largest absolute Gasteiger partial charge is 0.504 e. The number of rotatable bonds is 19. The lowest BCUT2D eigenvalue weighted by atomic mass is 9.91. The molecule has 0 saturated carbocycles. The zero-order valence-electron chi connectivity index (χ0n) is 26.3. The summed E-state index contributed by atoms with van der Waals surface area (Å²) in [6.45, 7) is 14.9. The van der Waals surface area contributed by atoms with E-state index >= 15 is 0 Å².